The van der Waals surface area contributed by atoms with Gasteiger partial charge in [-0.05, 0) is 18.2 Å². The van der Waals surface area contributed by atoms with E-state index in [0.717, 1.165) is 33.8 Å². The molecular formula is C19H14O6. The summed E-state index contributed by atoms with van der Waals surface area (Å²) in [6, 6.07) is 7.88. The molecule has 126 valence electrons. The van der Waals surface area contributed by atoms with Crippen LogP contribution in [-0.2, 0) is 0 Å². The fourth-order valence-corrected chi connectivity index (χ4v) is 3.97. The molecule has 0 unspecified atom stereocenters. The maximum absolute atomic E-state index is 6.29. The zero-order chi connectivity index (χ0) is 16.5. The van der Waals surface area contributed by atoms with Crippen molar-refractivity contribution in [3.8, 4) is 28.7 Å². The van der Waals surface area contributed by atoms with Crippen LogP contribution in [-0.4, -0.2) is 20.5 Å². The smallest absolute Gasteiger partial charge is 0.231 e. The molecule has 0 bridgehead atoms. The molecule has 6 heteroatoms. The van der Waals surface area contributed by atoms with Crippen LogP contribution in [0.1, 0.15) is 23.1 Å². The summed E-state index contributed by atoms with van der Waals surface area (Å²) in [6.07, 6.45) is 1.52. The summed E-state index contributed by atoms with van der Waals surface area (Å²) in [5.74, 6) is 3.72. The Bertz CT molecular complexity index is 1020. The highest BCUT2D eigenvalue weighted by Gasteiger charge is 2.43. The second-order valence-electron chi connectivity index (χ2n) is 6.37. The van der Waals surface area contributed by atoms with Crippen LogP contribution in [0.4, 0.5) is 0 Å². The quantitative estimate of drug-likeness (QED) is 0.673. The molecule has 0 spiro atoms. The molecular weight excluding hydrogens is 324 g/mol. The molecule has 0 N–H and O–H groups in total. The highest BCUT2D eigenvalue weighted by Crippen LogP contribution is 2.56. The van der Waals surface area contributed by atoms with Gasteiger partial charge < -0.3 is 28.1 Å². The van der Waals surface area contributed by atoms with E-state index in [9.17, 15) is 0 Å². The number of hydrogen-bond acceptors (Lipinski definition) is 6. The third-order valence-corrected chi connectivity index (χ3v) is 5.12. The summed E-state index contributed by atoms with van der Waals surface area (Å²) in [6.45, 7) is 0.758. The number of methoxy groups -OCH3 is 1. The Morgan fingerprint density at radius 2 is 1.88 bits per heavy atom. The van der Waals surface area contributed by atoms with Crippen molar-refractivity contribution in [1.82, 2.24) is 0 Å². The number of fused-ring (bicyclic) bond motifs is 7. The third-order valence-electron chi connectivity index (χ3n) is 5.12. The van der Waals surface area contributed by atoms with Gasteiger partial charge in [0.15, 0.2) is 22.8 Å². The number of furan rings is 1. The van der Waals surface area contributed by atoms with Crippen LogP contribution in [0, 0.1) is 0 Å². The predicted molar refractivity (Wildman–Crippen MR) is 86.9 cm³/mol. The van der Waals surface area contributed by atoms with Crippen molar-refractivity contribution in [1.29, 1.82) is 0 Å². The molecule has 2 aromatic carbocycles. The van der Waals surface area contributed by atoms with Gasteiger partial charge in [0.1, 0.15) is 11.9 Å². The Morgan fingerprint density at radius 3 is 2.76 bits per heavy atom. The number of hydrogen-bond donors (Lipinski definition) is 0. The van der Waals surface area contributed by atoms with E-state index in [1.54, 1.807) is 13.4 Å². The number of rotatable bonds is 1. The summed E-state index contributed by atoms with van der Waals surface area (Å²) in [5.41, 5.74) is 2.75. The minimum Gasteiger partial charge on any atom is -0.490 e. The molecule has 0 amide bonds. The second-order valence-corrected chi connectivity index (χ2v) is 6.37. The minimum absolute atomic E-state index is 0.103. The zero-order valence-electron chi connectivity index (χ0n) is 13.4. The molecule has 6 nitrogen and oxygen atoms in total. The SMILES string of the molecule is COc1c2c(cc3ccoc13)[C@@H]1Oc3cc4c(cc3[C@H]1CO2)OCO4. The molecule has 4 heterocycles. The van der Waals surface area contributed by atoms with Crippen LogP contribution >= 0.6 is 0 Å². The normalized spacial score (nSPS) is 22.0. The second kappa shape index (κ2) is 4.53. The van der Waals surface area contributed by atoms with Gasteiger partial charge in [-0.2, -0.15) is 0 Å². The molecule has 0 saturated carbocycles. The van der Waals surface area contributed by atoms with Crippen molar-refractivity contribution in [3.05, 3.63) is 41.7 Å². The van der Waals surface area contributed by atoms with E-state index in [1.165, 1.54) is 0 Å². The molecule has 3 aliphatic rings. The topological polar surface area (TPSA) is 59.3 Å². The summed E-state index contributed by atoms with van der Waals surface area (Å²) in [4.78, 5) is 0. The molecule has 0 radical (unpaired) electrons. The lowest BCUT2D eigenvalue weighted by atomic mass is 9.88. The van der Waals surface area contributed by atoms with Crippen molar-refractivity contribution in [2.24, 2.45) is 0 Å². The highest BCUT2D eigenvalue weighted by atomic mass is 16.7. The van der Waals surface area contributed by atoms with E-state index in [2.05, 4.69) is 6.07 Å². The number of ether oxygens (including phenoxy) is 5. The van der Waals surface area contributed by atoms with Gasteiger partial charge in [0.25, 0.3) is 0 Å². The fraction of sp³-hybridized carbons (Fsp3) is 0.263. The van der Waals surface area contributed by atoms with Crippen molar-refractivity contribution < 1.29 is 28.1 Å². The van der Waals surface area contributed by atoms with Crippen LogP contribution in [0.3, 0.4) is 0 Å². The average Bonchev–Trinajstić information content (AvgIpc) is 3.34. The van der Waals surface area contributed by atoms with Crippen molar-refractivity contribution in [2.75, 3.05) is 20.5 Å². The van der Waals surface area contributed by atoms with Crippen LogP contribution in [0.25, 0.3) is 11.0 Å². The molecule has 2 atom stereocenters. The van der Waals surface area contributed by atoms with Crippen LogP contribution < -0.4 is 23.7 Å². The maximum Gasteiger partial charge on any atom is 0.231 e. The van der Waals surface area contributed by atoms with Crippen LogP contribution in [0.2, 0.25) is 0 Å². The van der Waals surface area contributed by atoms with Gasteiger partial charge in [0.05, 0.1) is 25.9 Å². The molecule has 1 aromatic heterocycles. The van der Waals surface area contributed by atoms with E-state index in [4.69, 9.17) is 28.1 Å². The summed E-state index contributed by atoms with van der Waals surface area (Å²) in [5, 5.41) is 0.966. The largest absolute Gasteiger partial charge is 0.490 e. The van der Waals surface area contributed by atoms with Gasteiger partial charge in [0.2, 0.25) is 12.5 Å². The molecule has 0 aliphatic carbocycles. The average molecular weight is 338 g/mol. The van der Waals surface area contributed by atoms with Crippen LogP contribution in [0.15, 0.2) is 34.9 Å². The van der Waals surface area contributed by atoms with E-state index >= 15 is 0 Å². The first-order valence-corrected chi connectivity index (χ1v) is 8.14. The van der Waals surface area contributed by atoms with Crippen molar-refractivity contribution >= 4 is 11.0 Å². The first-order chi connectivity index (χ1) is 12.3. The Kier molecular flexibility index (Phi) is 2.41. The van der Waals surface area contributed by atoms with Crippen molar-refractivity contribution in [3.63, 3.8) is 0 Å². The Balaban J connectivity index is 1.52. The Hall–Kier alpha value is -3.02. The zero-order valence-corrected chi connectivity index (χ0v) is 13.4. The standard InChI is InChI=1S/C19H14O6/c1-20-19-16-9(2-3-21-16)4-11-17-12(7-22-18(11)19)10-5-14-15(24-8-23-14)6-13(10)25-17/h2-6,12,17H,7-8H2,1H3/t12-,17+/m1/s1. The lowest BCUT2D eigenvalue weighted by Gasteiger charge is -2.28. The molecule has 3 aromatic rings. The van der Waals surface area contributed by atoms with E-state index < -0.39 is 0 Å². The molecule has 0 fully saturated rings. The van der Waals surface area contributed by atoms with Gasteiger partial charge >= 0.3 is 0 Å². The maximum atomic E-state index is 6.29. The summed E-state index contributed by atoms with van der Waals surface area (Å²) in [7, 11) is 1.62. The first-order valence-electron chi connectivity index (χ1n) is 8.14. The lowest BCUT2D eigenvalue weighted by Crippen LogP contribution is -2.23. The van der Waals surface area contributed by atoms with Gasteiger partial charge in [-0.15, -0.1) is 0 Å². The lowest BCUT2D eigenvalue weighted by molar-refractivity contribution is 0.135. The van der Waals surface area contributed by atoms with E-state index in [-0.39, 0.29) is 18.8 Å². The van der Waals surface area contributed by atoms with E-state index in [0.29, 0.717) is 23.7 Å². The van der Waals surface area contributed by atoms with E-state index in [1.807, 2.05) is 18.2 Å². The Morgan fingerprint density at radius 1 is 1.00 bits per heavy atom. The van der Waals surface area contributed by atoms with Gasteiger partial charge in [-0.1, -0.05) is 0 Å². The molecule has 25 heavy (non-hydrogen) atoms. The summed E-state index contributed by atoms with van der Waals surface area (Å²) < 4.78 is 34.4. The number of benzene rings is 2. The van der Waals surface area contributed by atoms with Gasteiger partial charge in [0, 0.05) is 22.6 Å². The van der Waals surface area contributed by atoms with Crippen molar-refractivity contribution in [2.45, 2.75) is 12.0 Å². The fourth-order valence-electron chi connectivity index (χ4n) is 3.97. The molecule has 3 aliphatic heterocycles. The Labute approximate surface area is 142 Å². The minimum atomic E-state index is -0.130. The third kappa shape index (κ3) is 1.64. The van der Waals surface area contributed by atoms with Gasteiger partial charge in [-0.25, -0.2) is 0 Å². The van der Waals surface area contributed by atoms with Crippen LogP contribution in [0.5, 0.6) is 28.7 Å². The summed E-state index contributed by atoms with van der Waals surface area (Å²) >= 11 is 0. The molecule has 6 rings (SSSR count). The van der Waals surface area contributed by atoms with Gasteiger partial charge in [-0.3, -0.25) is 0 Å². The molecule has 0 saturated heterocycles. The monoisotopic (exact) mass is 338 g/mol. The predicted octanol–water partition coefficient (Wildman–Crippen LogP) is 3.78. The first kappa shape index (κ1) is 13.3. The highest BCUT2D eigenvalue weighted by molar-refractivity contribution is 5.88.